The number of carboxylic acids is 2. The Morgan fingerprint density at radius 1 is 0.729 bits per heavy atom. The maximum Gasteiger partial charge on any atom is 0.334 e. The van der Waals surface area contributed by atoms with Crippen molar-refractivity contribution >= 4 is 35.7 Å². The van der Waals surface area contributed by atoms with E-state index < -0.39 is 40.9 Å². The molecule has 0 aromatic carbocycles. The van der Waals surface area contributed by atoms with Gasteiger partial charge in [0, 0.05) is 47.9 Å². The van der Waals surface area contributed by atoms with Crippen LogP contribution in [0.3, 0.4) is 0 Å². The van der Waals surface area contributed by atoms with Crippen molar-refractivity contribution < 1.29 is 57.9 Å². The maximum absolute atomic E-state index is 13.8. The highest BCUT2D eigenvalue weighted by molar-refractivity contribution is 5.91. The molecule has 14 nitrogen and oxygen atoms in total. The van der Waals surface area contributed by atoms with Crippen molar-refractivity contribution in [1.29, 1.82) is 0 Å². The number of carboxylic acid groups (broad SMARTS) is 2. The Kier molecular flexibility index (Phi) is 13.9. The molecule has 0 aromatic heterocycles. The van der Waals surface area contributed by atoms with Crippen molar-refractivity contribution in [2.75, 3.05) is 6.54 Å². The number of aliphatic carboxylic acids is 2. The first-order chi connectivity index (χ1) is 28.0. The Labute approximate surface area is 346 Å². The van der Waals surface area contributed by atoms with E-state index in [9.17, 15) is 33.9 Å². The lowest BCUT2D eigenvalue weighted by Crippen LogP contribution is -2.49. The number of rotatable bonds is 18. The molecule has 4 heterocycles. The third kappa shape index (κ3) is 11.1. The molecule has 4 N–H and O–H groups in total. The topological polar surface area (TPSA) is 210 Å². The number of carbonyl (C=O) groups is 6. The summed E-state index contributed by atoms with van der Waals surface area (Å²) in [7, 11) is 0. The van der Waals surface area contributed by atoms with Crippen molar-refractivity contribution in [3.8, 4) is 0 Å². The molecule has 4 aliphatic heterocycles. The zero-order valence-electron chi connectivity index (χ0n) is 34.7. The lowest BCUT2D eigenvalue weighted by Gasteiger charge is -2.38. The van der Waals surface area contributed by atoms with Crippen LogP contribution >= 0.6 is 0 Å². The van der Waals surface area contributed by atoms with Crippen molar-refractivity contribution in [3.05, 3.63) is 47.6 Å². The van der Waals surface area contributed by atoms with Crippen LogP contribution in [0, 0.1) is 11.8 Å². The second-order valence-corrected chi connectivity index (χ2v) is 18.1. The summed E-state index contributed by atoms with van der Waals surface area (Å²) in [5, 5.41) is 24.6. The normalized spacial score (nSPS) is 34.1. The van der Waals surface area contributed by atoms with Crippen LogP contribution in [-0.2, 0) is 47.7 Å². The molecule has 0 bridgehead atoms. The monoisotopic (exact) mass is 822 g/mol. The van der Waals surface area contributed by atoms with Crippen LogP contribution in [0.2, 0.25) is 0 Å². The predicted molar refractivity (Wildman–Crippen MR) is 215 cm³/mol. The van der Waals surface area contributed by atoms with E-state index in [0.717, 1.165) is 56.1 Å². The average molecular weight is 823 g/mol. The number of allylic oxidation sites excluding steroid dienone is 2. The quantitative estimate of drug-likeness (QED) is 0.0417. The predicted octanol–water partition coefficient (Wildman–Crippen LogP) is 5.93. The summed E-state index contributed by atoms with van der Waals surface area (Å²) in [5.41, 5.74) is 1.54. The molecule has 2 aliphatic carbocycles. The summed E-state index contributed by atoms with van der Waals surface area (Å²) in [5.74, 6) is -3.89. The number of hydrogen-bond donors (Lipinski definition) is 4. The third-order valence-corrected chi connectivity index (χ3v) is 13.4. The van der Waals surface area contributed by atoms with Gasteiger partial charge in [0.25, 0.3) is 0 Å². The maximum atomic E-state index is 13.8. The number of fused-ring (bicyclic) bond motifs is 6. The van der Waals surface area contributed by atoms with Gasteiger partial charge in [0.05, 0.1) is 24.0 Å². The number of hydrogen-bond acceptors (Lipinski definition) is 10. The van der Waals surface area contributed by atoms with Crippen LogP contribution in [0.25, 0.3) is 0 Å². The molecule has 0 spiro atoms. The molecular weight excluding hydrogens is 760 g/mol. The molecule has 0 aromatic rings. The van der Waals surface area contributed by atoms with E-state index in [4.69, 9.17) is 24.1 Å². The Balaban J connectivity index is 1.25. The highest BCUT2D eigenvalue weighted by Crippen LogP contribution is 2.52. The van der Waals surface area contributed by atoms with Crippen LogP contribution < -0.4 is 10.6 Å². The minimum Gasteiger partial charge on any atom is -0.481 e. The third-order valence-electron chi connectivity index (χ3n) is 13.4. The number of carbonyl (C=O) groups excluding carboxylic acids is 4. The Morgan fingerprint density at radius 2 is 1.20 bits per heavy atom. The molecule has 4 saturated heterocycles. The first-order valence-electron chi connectivity index (χ1n) is 21.5. The standard InChI is InChI=1S/C45H62N2O12/c1-27-31-15-13-29(11-9-21-43(3)39(58-43)37(31)56-41(27)54)25-45(47-34(49)18-20-36(52)53,23-7-5-6-8-24-46-33(48)17-19-35(50)51)26-30-12-10-22-44(4)40(59-44)38-32(16-14-30)28(2)42(55)57-38/h11-12,31-32,37-40H,1-2,5-10,13-26H2,3-4H3,(H,46,48)(H,47,49)(H,50,51)(H,52,53)/b29-11+,30-12+/t31-,32-,37-,38-,39-,40-,43+,44+/m0/s1. The van der Waals surface area contributed by atoms with Crippen molar-refractivity contribution in [1.82, 2.24) is 10.6 Å². The molecule has 6 aliphatic rings. The minimum atomic E-state index is -1.06. The molecule has 324 valence electrons. The zero-order valence-corrected chi connectivity index (χ0v) is 34.7. The number of epoxide rings is 2. The number of esters is 2. The lowest BCUT2D eigenvalue weighted by molar-refractivity contribution is -0.140. The Bertz CT molecular complexity index is 1680. The first kappa shape index (κ1) is 44.3. The number of nitrogens with one attached hydrogen (secondary N) is 2. The van der Waals surface area contributed by atoms with E-state index in [0.29, 0.717) is 69.1 Å². The summed E-state index contributed by atoms with van der Waals surface area (Å²) in [6.07, 6.45) is 12.7. The van der Waals surface area contributed by atoms with Crippen LogP contribution in [0.1, 0.15) is 136 Å². The van der Waals surface area contributed by atoms with Gasteiger partial charge in [-0.15, -0.1) is 0 Å². The summed E-state index contributed by atoms with van der Waals surface area (Å²) in [4.78, 5) is 73.8. The Morgan fingerprint density at radius 3 is 1.69 bits per heavy atom. The van der Waals surface area contributed by atoms with Crippen LogP contribution in [0.4, 0.5) is 0 Å². The van der Waals surface area contributed by atoms with Gasteiger partial charge in [-0.05, 0) is 90.9 Å². The number of amides is 2. The van der Waals surface area contributed by atoms with Gasteiger partial charge in [0.2, 0.25) is 11.8 Å². The summed E-state index contributed by atoms with van der Waals surface area (Å²) in [6.45, 7) is 12.7. The molecule has 0 saturated carbocycles. The Hall–Kier alpha value is -4.30. The highest BCUT2D eigenvalue weighted by atomic mass is 16.7. The second kappa shape index (κ2) is 18.5. The molecule has 6 rings (SSSR count). The summed E-state index contributed by atoms with van der Waals surface area (Å²) >= 11 is 0. The fraction of sp³-hybridized carbons (Fsp3) is 0.689. The smallest absolute Gasteiger partial charge is 0.334 e. The highest BCUT2D eigenvalue weighted by Gasteiger charge is 2.62. The number of unbranched alkanes of at least 4 members (excludes halogenated alkanes) is 3. The van der Waals surface area contributed by atoms with E-state index in [2.05, 4.69) is 49.8 Å². The van der Waals surface area contributed by atoms with Crippen LogP contribution in [0.15, 0.2) is 47.6 Å². The molecule has 0 radical (unpaired) electrons. The van der Waals surface area contributed by atoms with Gasteiger partial charge < -0.3 is 39.8 Å². The van der Waals surface area contributed by atoms with Gasteiger partial charge in [-0.3, -0.25) is 19.2 Å². The number of ether oxygens (including phenoxy) is 4. The van der Waals surface area contributed by atoms with Gasteiger partial charge in [-0.25, -0.2) is 9.59 Å². The van der Waals surface area contributed by atoms with Gasteiger partial charge in [0.15, 0.2) is 0 Å². The SMILES string of the molecule is C=C1C(=O)O[C@H]2[C@H]1CC/C(CC(CCCCCCNC(=O)CCC(=O)O)(C/C1=C/CC[C@@]3(C)O[C@H]3[C@H]3OC(=O)C(=C)[C@@H]3CC1)NC(=O)CCC(=O)O)=C\CC[C@@]1(C)O[C@@H]21. The molecule has 14 heteroatoms. The largest absolute Gasteiger partial charge is 0.481 e. The lowest BCUT2D eigenvalue weighted by atomic mass is 9.75. The molecule has 0 unspecified atom stereocenters. The molecule has 2 amide bonds. The summed E-state index contributed by atoms with van der Waals surface area (Å²) in [6, 6.07) is 0. The zero-order chi connectivity index (χ0) is 42.5. The first-order valence-corrected chi connectivity index (χ1v) is 21.5. The molecule has 59 heavy (non-hydrogen) atoms. The molecule has 8 atom stereocenters. The molecule has 4 fully saturated rings. The van der Waals surface area contributed by atoms with E-state index in [-0.39, 0.29) is 73.5 Å². The average Bonchev–Trinajstić information content (AvgIpc) is 3.99. The van der Waals surface area contributed by atoms with E-state index in [1.54, 1.807) is 0 Å². The van der Waals surface area contributed by atoms with Gasteiger partial charge in [0.1, 0.15) is 24.4 Å². The minimum absolute atomic E-state index is 0.0669. The fourth-order valence-electron chi connectivity index (χ4n) is 9.88. The van der Waals surface area contributed by atoms with E-state index in [1.165, 1.54) is 0 Å². The van der Waals surface area contributed by atoms with Crippen LogP contribution in [-0.4, -0.2) is 93.6 Å². The fourth-order valence-corrected chi connectivity index (χ4v) is 9.88. The van der Waals surface area contributed by atoms with Crippen molar-refractivity contribution in [2.45, 2.75) is 177 Å². The van der Waals surface area contributed by atoms with Crippen molar-refractivity contribution in [3.63, 3.8) is 0 Å². The van der Waals surface area contributed by atoms with Crippen LogP contribution in [0.5, 0.6) is 0 Å². The summed E-state index contributed by atoms with van der Waals surface area (Å²) < 4.78 is 23.9. The van der Waals surface area contributed by atoms with Gasteiger partial charge >= 0.3 is 23.9 Å². The second-order valence-electron chi connectivity index (χ2n) is 18.1. The van der Waals surface area contributed by atoms with Gasteiger partial charge in [-0.2, -0.15) is 0 Å². The van der Waals surface area contributed by atoms with E-state index in [1.807, 2.05) is 0 Å². The van der Waals surface area contributed by atoms with E-state index >= 15 is 0 Å². The molecular formula is C45H62N2O12. The van der Waals surface area contributed by atoms with Crippen molar-refractivity contribution in [2.24, 2.45) is 11.8 Å². The van der Waals surface area contributed by atoms with Gasteiger partial charge in [-0.1, -0.05) is 55.7 Å².